The summed E-state index contributed by atoms with van der Waals surface area (Å²) in [6.07, 6.45) is 5.29. The van der Waals surface area contributed by atoms with Crippen LogP contribution in [0.1, 0.15) is 18.7 Å². The van der Waals surface area contributed by atoms with Crippen LogP contribution in [0.3, 0.4) is 0 Å². The lowest BCUT2D eigenvalue weighted by Crippen LogP contribution is -2.41. The number of oxime groups is 1. The van der Waals surface area contributed by atoms with Crippen molar-refractivity contribution in [3.63, 3.8) is 0 Å². The van der Waals surface area contributed by atoms with Crippen molar-refractivity contribution in [3.05, 3.63) is 18.2 Å². The van der Waals surface area contributed by atoms with Gasteiger partial charge in [0.25, 0.3) is 0 Å². The van der Waals surface area contributed by atoms with Gasteiger partial charge in [-0.25, -0.2) is 4.98 Å². The van der Waals surface area contributed by atoms with Gasteiger partial charge in [-0.15, -0.1) is 0 Å². The van der Waals surface area contributed by atoms with Crippen LogP contribution in [0.25, 0.3) is 0 Å². The summed E-state index contributed by atoms with van der Waals surface area (Å²) in [5.41, 5.74) is 4.72. The summed E-state index contributed by atoms with van der Waals surface area (Å²) >= 11 is 0. The molecule has 0 unspecified atom stereocenters. The summed E-state index contributed by atoms with van der Waals surface area (Å²) < 4.78 is 0. The van der Waals surface area contributed by atoms with Crippen LogP contribution in [0.15, 0.2) is 17.5 Å². The first kappa shape index (κ1) is 11.4. The number of imidazole rings is 1. The van der Waals surface area contributed by atoms with Crippen LogP contribution in [0.2, 0.25) is 0 Å². The monoisotopic (exact) mass is 237 g/mol. The minimum atomic E-state index is -0.780. The smallest absolute Gasteiger partial charge is 0.233 e. The molecule has 1 aromatic heterocycles. The van der Waals surface area contributed by atoms with Gasteiger partial charge in [0.1, 0.15) is 11.2 Å². The predicted octanol–water partition coefficient (Wildman–Crippen LogP) is -0.405. The number of nitrogens with zero attached hydrogens (tertiary/aromatic N) is 2. The Kier molecular flexibility index (Phi) is 2.99. The lowest BCUT2D eigenvalue weighted by atomic mass is 10.1. The van der Waals surface area contributed by atoms with Crippen molar-refractivity contribution in [1.29, 1.82) is 0 Å². The van der Waals surface area contributed by atoms with Crippen molar-refractivity contribution < 1.29 is 10.0 Å². The SMILES string of the molecule is N/C(=N/O)C1(C(=O)NCCc2ncc[nH]2)CC1. The van der Waals surface area contributed by atoms with Crippen molar-refractivity contribution >= 4 is 11.7 Å². The highest BCUT2D eigenvalue weighted by molar-refractivity contribution is 6.09. The summed E-state index contributed by atoms with van der Waals surface area (Å²) in [6, 6.07) is 0. The van der Waals surface area contributed by atoms with E-state index < -0.39 is 5.41 Å². The number of aromatic amines is 1. The number of nitrogens with two attached hydrogens (primary N) is 1. The summed E-state index contributed by atoms with van der Waals surface area (Å²) in [6.45, 7) is 0.479. The topological polar surface area (TPSA) is 116 Å². The number of amidine groups is 1. The predicted molar refractivity (Wildman–Crippen MR) is 60.4 cm³/mol. The molecule has 1 heterocycles. The highest BCUT2D eigenvalue weighted by Gasteiger charge is 2.54. The third kappa shape index (κ3) is 2.22. The molecular formula is C10H15N5O2. The molecule has 1 aliphatic carbocycles. The molecule has 1 amide bonds. The molecule has 0 spiro atoms. The molecule has 0 bridgehead atoms. The number of aromatic nitrogens is 2. The van der Waals surface area contributed by atoms with Gasteiger partial charge in [0.15, 0.2) is 5.84 Å². The fourth-order valence-corrected chi connectivity index (χ4v) is 1.72. The molecule has 7 heteroatoms. The summed E-state index contributed by atoms with van der Waals surface area (Å²) in [5.74, 6) is 0.631. The first-order chi connectivity index (χ1) is 8.19. The molecule has 1 fully saturated rings. The standard InChI is InChI=1S/C10H15N5O2/c11-8(15-17)10(2-3-10)9(16)14-4-1-7-12-5-6-13-7/h5-6,17H,1-4H2,(H2,11,15)(H,12,13)(H,14,16). The van der Waals surface area contributed by atoms with Gasteiger partial charge in [-0.3, -0.25) is 4.79 Å². The van der Waals surface area contributed by atoms with Gasteiger partial charge in [-0.1, -0.05) is 5.16 Å². The second-order valence-electron chi connectivity index (χ2n) is 4.11. The average Bonchev–Trinajstić information content (AvgIpc) is 3.00. The van der Waals surface area contributed by atoms with Crippen LogP contribution >= 0.6 is 0 Å². The van der Waals surface area contributed by atoms with E-state index in [0.717, 1.165) is 5.82 Å². The lowest BCUT2D eigenvalue weighted by Gasteiger charge is -2.12. The van der Waals surface area contributed by atoms with Crippen molar-refractivity contribution in [2.24, 2.45) is 16.3 Å². The number of hydrogen-bond acceptors (Lipinski definition) is 4. The molecule has 0 saturated heterocycles. The summed E-state index contributed by atoms with van der Waals surface area (Å²) in [5, 5.41) is 14.3. The Morgan fingerprint density at radius 3 is 3.00 bits per heavy atom. The zero-order chi connectivity index (χ0) is 12.3. The second-order valence-corrected chi connectivity index (χ2v) is 4.11. The van der Waals surface area contributed by atoms with E-state index >= 15 is 0 Å². The van der Waals surface area contributed by atoms with E-state index in [0.29, 0.717) is 25.8 Å². The van der Waals surface area contributed by atoms with Crippen LogP contribution in [0.4, 0.5) is 0 Å². The minimum absolute atomic E-state index is 0.00648. The Balaban J connectivity index is 1.82. The molecule has 0 radical (unpaired) electrons. The largest absolute Gasteiger partial charge is 0.409 e. The minimum Gasteiger partial charge on any atom is -0.409 e. The second kappa shape index (κ2) is 4.44. The third-order valence-electron chi connectivity index (χ3n) is 2.98. The van der Waals surface area contributed by atoms with Gasteiger partial charge >= 0.3 is 0 Å². The van der Waals surface area contributed by atoms with Crippen LogP contribution < -0.4 is 11.1 Å². The molecule has 1 saturated carbocycles. The van der Waals surface area contributed by atoms with E-state index in [1.807, 2.05) is 0 Å². The van der Waals surface area contributed by atoms with Gasteiger partial charge in [0.05, 0.1) is 0 Å². The highest BCUT2D eigenvalue weighted by atomic mass is 16.4. The van der Waals surface area contributed by atoms with Crippen LogP contribution in [-0.2, 0) is 11.2 Å². The maximum absolute atomic E-state index is 11.8. The molecule has 7 nitrogen and oxygen atoms in total. The molecule has 17 heavy (non-hydrogen) atoms. The molecular weight excluding hydrogens is 222 g/mol. The molecule has 0 aliphatic heterocycles. The zero-order valence-electron chi connectivity index (χ0n) is 9.31. The van der Waals surface area contributed by atoms with Gasteiger partial charge in [0.2, 0.25) is 5.91 Å². The Labute approximate surface area is 98.1 Å². The lowest BCUT2D eigenvalue weighted by molar-refractivity contribution is -0.124. The quantitative estimate of drug-likeness (QED) is 0.241. The Morgan fingerprint density at radius 1 is 1.71 bits per heavy atom. The molecule has 0 aromatic carbocycles. The third-order valence-corrected chi connectivity index (χ3v) is 2.98. The van der Waals surface area contributed by atoms with Crippen molar-refractivity contribution in [2.45, 2.75) is 19.3 Å². The highest BCUT2D eigenvalue weighted by Crippen LogP contribution is 2.45. The van der Waals surface area contributed by atoms with Crippen LogP contribution in [0.5, 0.6) is 0 Å². The van der Waals surface area contributed by atoms with E-state index in [1.54, 1.807) is 12.4 Å². The number of nitrogens with one attached hydrogen (secondary N) is 2. The van der Waals surface area contributed by atoms with Crippen molar-refractivity contribution in [3.8, 4) is 0 Å². The first-order valence-corrected chi connectivity index (χ1v) is 5.43. The van der Waals surface area contributed by atoms with Crippen LogP contribution in [-0.4, -0.2) is 33.5 Å². The van der Waals surface area contributed by atoms with Gasteiger partial charge in [-0.2, -0.15) is 0 Å². The van der Waals surface area contributed by atoms with E-state index in [4.69, 9.17) is 10.9 Å². The summed E-state index contributed by atoms with van der Waals surface area (Å²) in [7, 11) is 0. The van der Waals surface area contributed by atoms with E-state index in [2.05, 4.69) is 20.4 Å². The van der Waals surface area contributed by atoms with Gasteiger partial charge in [0, 0.05) is 25.4 Å². The first-order valence-electron chi connectivity index (χ1n) is 5.43. The van der Waals surface area contributed by atoms with Crippen molar-refractivity contribution in [2.75, 3.05) is 6.54 Å². The average molecular weight is 237 g/mol. The maximum atomic E-state index is 11.8. The van der Waals surface area contributed by atoms with E-state index in [-0.39, 0.29) is 11.7 Å². The van der Waals surface area contributed by atoms with Crippen molar-refractivity contribution in [1.82, 2.24) is 15.3 Å². The van der Waals surface area contributed by atoms with E-state index in [9.17, 15) is 4.79 Å². The van der Waals surface area contributed by atoms with Crippen LogP contribution in [0, 0.1) is 5.41 Å². The number of H-pyrrole nitrogens is 1. The van der Waals surface area contributed by atoms with Gasteiger partial charge in [-0.05, 0) is 12.8 Å². The fourth-order valence-electron chi connectivity index (χ4n) is 1.72. The molecule has 0 atom stereocenters. The number of carbonyl (C=O) groups is 1. The van der Waals surface area contributed by atoms with E-state index in [1.165, 1.54) is 0 Å². The number of carbonyl (C=O) groups excluding carboxylic acids is 1. The molecule has 5 N–H and O–H groups in total. The molecule has 92 valence electrons. The zero-order valence-corrected chi connectivity index (χ0v) is 9.31. The van der Waals surface area contributed by atoms with Gasteiger partial charge < -0.3 is 21.2 Å². The Bertz CT molecular complexity index is 422. The number of amides is 1. The molecule has 1 aromatic rings. The number of rotatable bonds is 5. The Hall–Kier alpha value is -2.05. The Morgan fingerprint density at radius 2 is 2.47 bits per heavy atom. The maximum Gasteiger partial charge on any atom is 0.233 e. The summed E-state index contributed by atoms with van der Waals surface area (Å²) in [4.78, 5) is 18.8. The normalized spacial score (nSPS) is 17.8. The molecule has 1 aliphatic rings. The molecule has 2 rings (SSSR count). The number of hydrogen-bond donors (Lipinski definition) is 4. The fraction of sp³-hybridized carbons (Fsp3) is 0.500.